The van der Waals surface area contributed by atoms with Crippen LogP contribution in [0.3, 0.4) is 0 Å². The predicted octanol–water partition coefficient (Wildman–Crippen LogP) is 3.96. The Morgan fingerprint density at radius 2 is 1.86 bits per heavy atom. The van der Waals surface area contributed by atoms with Crippen LogP contribution >= 0.6 is 23.2 Å². The number of aromatic hydroxyl groups is 1. The van der Waals surface area contributed by atoms with Gasteiger partial charge < -0.3 is 10.0 Å². The first kappa shape index (κ1) is 15.6. The van der Waals surface area contributed by atoms with Crippen LogP contribution in [0.25, 0.3) is 0 Å². The number of carbonyl (C=O) groups is 1. The predicted molar refractivity (Wildman–Crippen MR) is 81.4 cm³/mol. The lowest BCUT2D eigenvalue weighted by Gasteiger charge is -2.22. The van der Waals surface area contributed by atoms with Crippen molar-refractivity contribution in [2.24, 2.45) is 0 Å². The van der Waals surface area contributed by atoms with E-state index < -0.39 is 0 Å². The van der Waals surface area contributed by atoms with E-state index in [4.69, 9.17) is 23.2 Å². The summed E-state index contributed by atoms with van der Waals surface area (Å²) in [7, 11) is 0. The maximum Gasteiger partial charge on any atom is 0.242 e. The highest BCUT2D eigenvalue weighted by molar-refractivity contribution is 6.31. The lowest BCUT2D eigenvalue weighted by Crippen LogP contribution is -2.31. The molecule has 2 aromatic rings. The smallest absolute Gasteiger partial charge is 0.242 e. The van der Waals surface area contributed by atoms with Crippen molar-refractivity contribution < 1.29 is 14.3 Å². The number of rotatable bonds is 4. The van der Waals surface area contributed by atoms with Crippen molar-refractivity contribution in [3.05, 3.63) is 58.9 Å². The molecule has 21 heavy (non-hydrogen) atoms. The highest BCUT2D eigenvalue weighted by Crippen LogP contribution is 2.27. The van der Waals surface area contributed by atoms with Crippen molar-refractivity contribution in [3.63, 3.8) is 0 Å². The number of benzene rings is 2. The third-order valence-electron chi connectivity index (χ3n) is 2.85. The van der Waals surface area contributed by atoms with Gasteiger partial charge in [0.05, 0.1) is 6.54 Å². The molecule has 0 aliphatic heterocycles. The summed E-state index contributed by atoms with van der Waals surface area (Å²) < 4.78 is 12.9. The minimum atomic E-state index is -0.352. The van der Waals surface area contributed by atoms with Gasteiger partial charge in [0.1, 0.15) is 17.4 Å². The van der Waals surface area contributed by atoms with E-state index in [0.29, 0.717) is 10.7 Å². The van der Waals surface area contributed by atoms with Gasteiger partial charge in [0.25, 0.3) is 0 Å². The van der Waals surface area contributed by atoms with Gasteiger partial charge in [0, 0.05) is 16.8 Å². The largest absolute Gasteiger partial charge is 0.508 e. The molecule has 0 radical (unpaired) electrons. The zero-order valence-electron chi connectivity index (χ0n) is 10.9. The number of phenols is 1. The number of amides is 1. The number of alkyl halides is 1. The van der Waals surface area contributed by atoms with E-state index in [2.05, 4.69) is 0 Å². The van der Waals surface area contributed by atoms with Gasteiger partial charge in [-0.25, -0.2) is 4.39 Å². The van der Waals surface area contributed by atoms with E-state index in [1.807, 2.05) is 0 Å². The number of phenolic OH excluding ortho intramolecular Hbond substituents is 1. The van der Waals surface area contributed by atoms with Crippen molar-refractivity contribution >= 4 is 34.8 Å². The SMILES string of the molecule is O=C(CCl)N(Cc1ccc(F)cc1)c1cc(O)cc(Cl)c1. The lowest BCUT2D eigenvalue weighted by atomic mass is 10.2. The number of nitrogens with zero attached hydrogens (tertiary/aromatic N) is 1. The number of hydrogen-bond acceptors (Lipinski definition) is 2. The summed E-state index contributed by atoms with van der Waals surface area (Å²) in [6.07, 6.45) is 0. The summed E-state index contributed by atoms with van der Waals surface area (Å²) in [5.74, 6) is -0.963. The van der Waals surface area contributed by atoms with Crippen LogP contribution in [0.4, 0.5) is 10.1 Å². The molecule has 0 heterocycles. The third-order valence-corrected chi connectivity index (χ3v) is 3.30. The van der Waals surface area contributed by atoms with Gasteiger partial charge >= 0.3 is 0 Å². The molecule has 110 valence electrons. The topological polar surface area (TPSA) is 40.5 Å². The standard InChI is InChI=1S/C15H12Cl2FNO2/c16-8-15(21)19(9-10-1-3-12(18)4-2-10)13-5-11(17)6-14(20)7-13/h1-7,20H,8-9H2. The average Bonchev–Trinajstić information content (AvgIpc) is 2.44. The molecule has 6 heteroatoms. The molecule has 2 aromatic carbocycles. The van der Waals surface area contributed by atoms with Gasteiger partial charge in [-0.3, -0.25) is 4.79 Å². The summed E-state index contributed by atoms with van der Waals surface area (Å²) in [4.78, 5) is 13.4. The van der Waals surface area contributed by atoms with Gasteiger partial charge in [0.2, 0.25) is 5.91 Å². The Hall–Kier alpha value is -1.78. The monoisotopic (exact) mass is 327 g/mol. The number of hydrogen-bond donors (Lipinski definition) is 1. The zero-order valence-corrected chi connectivity index (χ0v) is 12.4. The lowest BCUT2D eigenvalue weighted by molar-refractivity contribution is -0.116. The fraction of sp³-hybridized carbons (Fsp3) is 0.133. The molecule has 0 aliphatic rings. The highest BCUT2D eigenvalue weighted by Gasteiger charge is 2.16. The molecule has 3 nitrogen and oxygen atoms in total. The molecule has 0 aliphatic carbocycles. The molecule has 0 aromatic heterocycles. The normalized spacial score (nSPS) is 10.4. The molecule has 0 saturated carbocycles. The van der Waals surface area contributed by atoms with Crippen molar-refractivity contribution in [1.29, 1.82) is 0 Å². The van der Waals surface area contributed by atoms with Crippen LogP contribution in [0.1, 0.15) is 5.56 Å². The van der Waals surface area contributed by atoms with E-state index in [1.54, 1.807) is 18.2 Å². The quantitative estimate of drug-likeness (QED) is 0.863. The Bertz CT molecular complexity index is 626. The second-order valence-electron chi connectivity index (χ2n) is 4.41. The molecular formula is C15H12Cl2FNO2. The molecule has 0 saturated heterocycles. The first-order valence-electron chi connectivity index (χ1n) is 6.10. The Balaban J connectivity index is 2.34. The fourth-order valence-corrected chi connectivity index (χ4v) is 2.25. The molecule has 0 spiro atoms. The van der Waals surface area contributed by atoms with Crippen LogP contribution in [0.15, 0.2) is 42.5 Å². The van der Waals surface area contributed by atoms with Crippen LogP contribution in [0.2, 0.25) is 5.02 Å². The van der Waals surface area contributed by atoms with Crippen molar-refractivity contribution in [2.75, 3.05) is 10.8 Å². The van der Waals surface area contributed by atoms with Crippen molar-refractivity contribution in [3.8, 4) is 5.75 Å². The summed E-state index contributed by atoms with van der Waals surface area (Å²) in [6, 6.07) is 10.1. The number of anilines is 1. The van der Waals surface area contributed by atoms with E-state index in [0.717, 1.165) is 5.56 Å². The van der Waals surface area contributed by atoms with Crippen LogP contribution in [0.5, 0.6) is 5.75 Å². The second-order valence-corrected chi connectivity index (χ2v) is 5.11. The molecule has 0 atom stereocenters. The van der Waals surface area contributed by atoms with Gasteiger partial charge in [-0.15, -0.1) is 11.6 Å². The Morgan fingerprint density at radius 3 is 2.43 bits per heavy atom. The van der Waals surface area contributed by atoms with Crippen LogP contribution < -0.4 is 4.90 Å². The molecule has 0 bridgehead atoms. The number of halogens is 3. The first-order chi connectivity index (χ1) is 9.99. The van der Waals surface area contributed by atoms with Crippen molar-refractivity contribution in [1.82, 2.24) is 0 Å². The van der Waals surface area contributed by atoms with Gasteiger partial charge in [0.15, 0.2) is 0 Å². The Labute approximate surface area is 131 Å². The molecule has 0 unspecified atom stereocenters. The van der Waals surface area contributed by atoms with Crippen LogP contribution in [-0.2, 0) is 11.3 Å². The average molecular weight is 328 g/mol. The Kier molecular flexibility index (Phi) is 5.04. The maximum absolute atomic E-state index is 12.9. The van der Waals surface area contributed by atoms with Gasteiger partial charge in [-0.05, 0) is 29.8 Å². The summed E-state index contributed by atoms with van der Waals surface area (Å²) in [5.41, 5.74) is 1.16. The van der Waals surface area contributed by atoms with E-state index in [-0.39, 0.29) is 29.9 Å². The van der Waals surface area contributed by atoms with Crippen molar-refractivity contribution in [2.45, 2.75) is 6.54 Å². The highest BCUT2D eigenvalue weighted by atomic mass is 35.5. The second kappa shape index (κ2) is 6.78. The van der Waals surface area contributed by atoms with E-state index in [1.165, 1.54) is 29.2 Å². The summed E-state index contributed by atoms with van der Waals surface area (Å²) in [6.45, 7) is 0.200. The minimum absolute atomic E-state index is 0.0519. The summed E-state index contributed by atoms with van der Waals surface area (Å²) >= 11 is 11.5. The third kappa shape index (κ3) is 4.09. The van der Waals surface area contributed by atoms with Gasteiger partial charge in [-0.1, -0.05) is 23.7 Å². The fourth-order valence-electron chi connectivity index (χ4n) is 1.88. The van der Waals surface area contributed by atoms with E-state index >= 15 is 0 Å². The molecule has 2 rings (SSSR count). The Morgan fingerprint density at radius 1 is 1.19 bits per heavy atom. The maximum atomic E-state index is 12.9. The minimum Gasteiger partial charge on any atom is -0.508 e. The molecule has 1 amide bonds. The van der Waals surface area contributed by atoms with Crippen LogP contribution in [0, 0.1) is 5.82 Å². The number of carbonyl (C=O) groups excluding carboxylic acids is 1. The first-order valence-corrected chi connectivity index (χ1v) is 7.01. The van der Waals surface area contributed by atoms with Gasteiger partial charge in [-0.2, -0.15) is 0 Å². The van der Waals surface area contributed by atoms with E-state index in [9.17, 15) is 14.3 Å². The molecular weight excluding hydrogens is 316 g/mol. The molecule has 1 N–H and O–H groups in total. The zero-order chi connectivity index (χ0) is 15.4. The molecule has 0 fully saturated rings. The summed E-state index contributed by atoms with van der Waals surface area (Å²) in [5, 5.41) is 9.90. The van der Waals surface area contributed by atoms with Crippen LogP contribution in [-0.4, -0.2) is 16.9 Å².